The summed E-state index contributed by atoms with van der Waals surface area (Å²) < 4.78 is 0. The predicted molar refractivity (Wildman–Crippen MR) is 83.0 cm³/mol. The van der Waals surface area contributed by atoms with Crippen molar-refractivity contribution in [2.24, 2.45) is 0 Å². The van der Waals surface area contributed by atoms with Crippen LogP contribution in [0.2, 0.25) is 0 Å². The summed E-state index contributed by atoms with van der Waals surface area (Å²) in [5, 5.41) is 9.65. The Balaban J connectivity index is 2.20. The molecule has 3 N–H and O–H groups in total. The summed E-state index contributed by atoms with van der Waals surface area (Å²) >= 11 is 0. The molecule has 0 aromatic carbocycles. The number of nitrogens with two attached hydrogens (primary N) is 1. The largest absolute Gasteiger partial charge is 0.393 e. The number of likely N-dealkylation sites (tertiary alicyclic amines) is 1. The Morgan fingerprint density at radius 2 is 2.05 bits per heavy atom. The van der Waals surface area contributed by atoms with Gasteiger partial charge in [0, 0.05) is 20.1 Å². The van der Waals surface area contributed by atoms with Crippen LogP contribution in [0.1, 0.15) is 45.0 Å². The number of aliphatic hydroxyl groups excluding tert-OH is 1. The van der Waals surface area contributed by atoms with E-state index in [1.54, 1.807) is 0 Å². The summed E-state index contributed by atoms with van der Waals surface area (Å²) in [6.07, 6.45) is 2.74. The van der Waals surface area contributed by atoms with Crippen LogP contribution >= 0.6 is 0 Å². The smallest absolute Gasteiger partial charge is 0.229 e. The third-order valence-electron chi connectivity index (χ3n) is 3.97. The molecule has 0 amide bonds. The highest BCUT2D eigenvalue weighted by Crippen LogP contribution is 2.30. The highest BCUT2D eigenvalue weighted by molar-refractivity contribution is 5.33. The highest BCUT2D eigenvalue weighted by atomic mass is 16.3. The number of aromatic nitrogens is 3. The number of anilines is 2. The second-order valence-corrected chi connectivity index (χ2v) is 6.04. The van der Waals surface area contributed by atoms with Crippen molar-refractivity contribution < 1.29 is 5.11 Å². The van der Waals surface area contributed by atoms with Gasteiger partial charge in [0.05, 0.1) is 12.1 Å². The van der Waals surface area contributed by atoms with Crippen LogP contribution in [0.25, 0.3) is 0 Å². The van der Waals surface area contributed by atoms with Gasteiger partial charge in [-0.1, -0.05) is 0 Å². The summed E-state index contributed by atoms with van der Waals surface area (Å²) in [7, 11) is 3.77. The van der Waals surface area contributed by atoms with Crippen LogP contribution in [0, 0.1) is 0 Å². The quantitative estimate of drug-likeness (QED) is 0.830. The van der Waals surface area contributed by atoms with Crippen LogP contribution in [0.15, 0.2) is 0 Å². The number of nitrogen functional groups attached to an aromatic ring is 1. The Kier molecular flexibility index (Phi) is 4.95. The molecule has 1 fully saturated rings. The van der Waals surface area contributed by atoms with Crippen molar-refractivity contribution in [1.29, 1.82) is 0 Å². The molecule has 21 heavy (non-hydrogen) atoms. The number of hydrogen-bond donors (Lipinski definition) is 2. The average Bonchev–Trinajstić information content (AvgIpc) is 2.84. The second-order valence-electron chi connectivity index (χ2n) is 6.04. The summed E-state index contributed by atoms with van der Waals surface area (Å²) in [5.41, 5.74) is 5.80. The first kappa shape index (κ1) is 15.9. The molecule has 3 atom stereocenters. The Morgan fingerprint density at radius 3 is 2.67 bits per heavy atom. The minimum Gasteiger partial charge on any atom is -0.393 e. The van der Waals surface area contributed by atoms with Crippen molar-refractivity contribution in [3.05, 3.63) is 5.82 Å². The van der Waals surface area contributed by atoms with Crippen molar-refractivity contribution in [2.75, 3.05) is 31.3 Å². The molecule has 1 aliphatic heterocycles. The van der Waals surface area contributed by atoms with E-state index in [0.717, 1.165) is 25.8 Å². The van der Waals surface area contributed by atoms with Gasteiger partial charge < -0.3 is 15.7 Å². The summed E-state index contributed by atoms with van der Waals surface area (Å²) in [6, 6.07) is 0.445. The normalized spacial score (nSPS) is 22.2. The van der Waals surface area contributed by atoms with Gasteiger partial charge in [0.1, 0.15) is 0 Å². The third kappa shape index (κ3) is 3.79. The Morgan fingerprint density at radius 1 is 1.33 bits per heavy atom. The topological polar surface area (TPSA) is 91.4 Å². The first-order valence-corrected chi connectivity index (χ1v) is 7.51. The van der Waals surface area contributed by atoms with Gasteiger partial charge in [-0.2, -0.15) is 15.0 Å². The molecule has 7 heteroatoms. The standard InChI is InChI=1S/C14H26N6O/c1-9(21)8-11-6-5-7-20(11)10(2)12-16-13(15)18-14(17-12)19(3)4/h9-11,21H,5-8H2,1-4H3,(H2,15,16,17,18). The zero-order chi connectivity index (χ0) is 15.6. The second kappa shape index (κ2) is 6.53. The number of rotatable bonds is 5. The van der Waals surface area contributed by atoms with Crippen LogP contribution in [0.4, 0.5) is 11.9 Å². The molecule has 1 saturated heterocycles. The summed E-state index contributed by atoms with van der Waals surface area (Å²) in [5.74, 6) is 1.53. The minimum absolute atomic E-state index is 0.0697. The van der Waals surface area contributed by atoms with Crippen molar-refractivity contribution in [1.82, 2.24) is 19.9 Å². The van der Waals surface area contributed by atoms with Gasteiger partial charge in [-0.3, -0.25) is 4.90 Å². The van der Waals surface area contributed by atoms with Gasteiger partial charge in [-0.15, -0.1) is 0 Å². The minimum atomic E-state index is -0.288. The van der Waals surface area contributed by atoms with Crippen molar-refractivity contribution in [3.8, 4) is 0 Å². The lowest BCUT2D eigenvalue weighted by molar-refractivity contribution is 0.112. The van der Waals surface area contributed by atoms with E-state index in [1.807, 2.05) is 25.9 Å². The first-order chi connectivity index (χ1) is 9.88. The zero-order valence-corrected chi connectivity index (χ0v) is 13.3. The molecule has 0 saturated carbocycles. The van der Waals surface area contributed by atoms with E-state index in [-0.39, 0.29) is 18.1 Å². The van der Waals surface area contributed by atoms with Gasteiger partial charge in [-0.25, -0.2) is 0 Å². The fraction of sp³-hybridized carbons (Fsp3) is 0.786. The Labute approximate surface area is 126 Å². The molecule has 3 unspecified atom stereocenters. The van der Waals surface area contributed by atoms with E-state index in [2.05, 4.69) is 26.8 Å². The highest BCUT2D eigenvalue weighted by Gasteiger charge is 2.31. The van der Waals surface area contributed by atoms with Crippen LogP contribution in [0.3, 0.4) is 0 Å². The van der Waals surface area contributed by atoms with E-state index in [1.165, 1.54) is 0 Å². The van der Waals surface area contributed by atoms with E-state index in [0.29, 0.717) is 17.8 Å². The van der Waals surface area contributed by atoms with Crippen LogP contribution in [-0.2, 0) is 0 Å². The maximum Gasteiger partial charge on any atom is 0.229 e. The van der Waals surface area contributed by atoms with E-state index in [9.17, 15) is 5.11 Å². The summed E-state index contributed by atoms with van der Waals surface area (Å²) in [4.78, 5) is 17.1. The molecule has 0 aliphatic carbocycles. The first-order valence-electron chi connectivity index (χ1n) is 7.51. The van der Waals surface area contributed by atoms with Gasteiger partial charge in [-0.05, 0) is 39.7 Å². The maximum atomic E-state index is 9.65. The van der Waals surface area contributed by atoms with Crippen molar-refractivity contribution >= 4 is 11.9 Å². The van der Waals surface area contributed by atoms with Crippen LogP contribution < -0.4 is 10.6 Å². The number of nitrogens with zero attached hydrogens (tertiary/aromatic N) is 5. The monoisotopic (exact) mass is 294 g/mol. The molecule has 0 spiro atoms. The van der Waals surface area contributed by atoms with E-state index < -0.39 is 0 Å². The maximum absolute atomic E-state index is 9.65. The van der Waals surface area contributed by atoms with E-state index >= 15 is 0 Å². The van der Waals surface area contributed by atoms with Crippen molar-refractivity contribution in [2.45, 2.75) is 51.3 Å². The van der Waals surface area contributed by atoms with Crippen molar-refractivity contribution in [3.63, 3.8) is 0 Å². The Bertz CT molecular complexity index is 479. The predicted octanol–water partition coefficient (Wildman–Crippen LogP) is 0.816. The lowest BCUT2D eigenvalue weighted by Gasteiger charge is -2.30. The molecular weight excluding hydrogens is 268 g/mol. The van der Waals surface area contributed by atoms with Gasteiger partial charge in [0.2, 0.25) is 11.9 Å². The van der Waals surface area contributed by atoms with Gasteiger partial charge >= 0.3 is 0 Å². The van der Waals surface area contributed by atoms with E-state index in [4.69, 9.17) is 5.73 Å². The SMILES string of the molecule is CC(O)CC1CCCN1C(C)c1nc(N)nc(N(C)C)n1. The zero-order valence-electron chi connectivity index (χ0n) is 13.3. The lowest BCUT2D eigenvalue weighted by atomic mass is 10.1. The van der Waals surface area contributed by atoms with Gasteiger partial charge in [0.15, 0.2) is 5.82 Å². The molecule has 0 bridgehead atoms. The molecule has 2 heterocycles. The molecule has 1 aliphatic rings. The molecular formula is C14H26N6O. The summed E-state index contributed by atoms with van der Waals surface area (Å²) in [6.45, 7) is 4.93. The van der Waals surface area contributed by atoms with Crippen LogP contribution in [-0.4, -0.2) is 57.7 Å². The van der Waals surface area contributed by atoms with Gasteiger partial charge in [0.25, 0.3) is 0 Å². The lowest BCUT2D eigenvalue weighted by Crippen LogP contribution is -2.35. The fourth-order valence-electron chi connectivity index (χ4n) is 2.95. The molecule has 1 aromatic rings. The van der Waals surface area contributed by atoms with Crippen LogP contribution in [0.5, 0.6) is 0 Å². The molecule has 7 nitrogen and oxygen atoms in total. The molecule has 1 aromatic heterocycles. The molecule has 2 rings (SSSR count). The number of hydrogen-bond acceptors (Lipinski definition) is 7. The Hall–Kier alpha value is -1.47. The number of aliphatic hydroxyl groups is 1. The molecule has 0 radical (unpaired) electrons. The average molecular weight is 294 g/mol. The fourth-order valence-corrected chi connectivity index (χ4v) is 2.95. The molecule has 118 valence electrons. The third-order valence-corrected chi connectivity index (χ3v) is 3.97.